The minimum absolute atomic E-state index is 0.00232. The fraction of sp³-hybridized carbons (Fsp3) is 0.200. The number of nitrogens with one attached hydrogen (secondary N) is 2. The summed E-state index contributed by atoms with van der Waals surface area (Å²) in [5.74, 6) is -1.55. The molecule has 2 rings (SSSR count). The highest BCUT2D eigenvalue weighted by molar-refractivity contribution is 5.59. The van der Waals surface area contributed by atoms with Crippen molar-refractivity contribution in [2.24, 2.45) is 0 Å². The van der Waals surface area contributed by atoms with Gasteiger partial charge in [0.2, 0.25) is 0 Å². The van der Waals surface area contributed by atoms with Crippen molar-refractivity contribution in [2.75, 3.05) is 17.2 Å². The molecule has 4 nitrogen and oxygen atoms in total. The molecular formula is C15H14F2N4. The van der Waals surface area contributed by atoms with E-state index < -0.39 is 11.6 Å². The van der Waals surface area contributed by atoms with E-state index >= 15 is 0 Å². The van der Waals surface area contributed by atoms with Crippen molar-refractivity contribution >= 4 is 17.3 Å². The van der Waals surface area contributed by atoms with Gasteiger partial charge in [0.15, 0.2) is 23.3 Å². The average molecular weight is 288 g/mol. The van der Waals surface area contributed by atoms with Crippen LogP contribution >= 0.6 is 0 Å². The monoisotopic (exact) mass is 288 g/mol. The van der Waals surface area contributed by atoms with Gasteiger partial charge in [-0.15, -0.1) is 0 Å². The van der Waals surface area contributed by atoms with Crippen LogP contribution < -0.4 is 10.6 Å². The molecule has 108 valence electrons. The summed E-state index contributed by atoms with van der Waals surface area (Å²) in [5, 5.41) is 14.1. The van der Waals surface area contributed by atoms with Crippen LogP contribution in [0.15, 0.2) is 30.3 Å². The third-order valence-corrected chi connectivity index (χ3v) is 2.77. The van der Waals surface area contributed by atoms with Gasteiger partial charge in [-0.05, 0) is 24.6 Å². The van der Waals surface area contributed by atoms with Gasteiger partial charge in [-0.3, -0.25) is 0 Å². The molecule has 0 amide bonds. The maximum Gasteiger partial charge on any atom is 0.169 e. The molecule has 0 aliphatic rings. The van der Waals surface area contributed by atoms with E-state index in [1.54, 1.807) is 31.2 Å². The number of benzene rings is 1. The summed E-state index contributed by atoms with van der Waals surface area (Å²) < 4.78 is 27.2. The van der Waals surface area contributed by atoms with Crippen LogP contribution in [0.4, 0.5) is 26.1 Å². The van der Waals surface area contributed by atoms with Crippen molar-refractivity contribution in [2.45, 2.75) is 13.3 Å². The smallest absolute Gasteiger partial charge is 0.169 e. The Labute approximate surface area is 121 Å². The van der Waals surface area contributed by atoms with Gasteiger partial charge < -0.3 is 10.6 Å². The van der Waals surface area contributed by atoms with E-state index in [1.165, 1.54) is 0 Å². The third kappa shape index (κ3) is 3.66. The topological polar surface area (TPSA) is 60.7 Å². The zero-order valence-corrected chi connectivity index (χ0v) is 11.5. The van der Waals surface area contributed by atoms with Crippen molar-refractivity contribution < 1.29 is 8.78 Å². The number of aromatic nitrogens is 1. The summed E-state index contributed by atoms with van der Waals surface area (Å²) in [7, 11) is 0. The number of nitriles is 1. The van der Waals surface area contributed by atoms with Gasteiger partial charge in [0, 0.05) is 18.3 Å². The lowest BCUT2D eigenvalue weighted by molar-refractivity contribution is 0.579. The summed E-state index contributed by atoms with van der Waals surface area (Å²) in [6, 6.07) is 9.79. The SMILES string of the molecule is CCNc1nc(Nc2ccc(CC#N)cc2)c(F)cc1F. The number of anilines is 3. The molecule has 0 atom stereocenters. The van der Waals surface area contributed by atoms with Crippen molar-refractivity contribution in [1.29, 1.82) is 5.26 Å². The van der Waals surface area contributed by atoms with E-state index in [0.717, 1.165) is 11.6 Å². The molecule has 0 saturated heterocycles. The number of hydrogen-bond acceptors (Lipinski definition) is 4. The number of rotatable bonds is 5. The van der Waals surface area contributed by atoms with Crippen LogP contribution in [0.2, 0.25) is 0 Å². The second-order valence-electron chi connectivity index (χ2n) is 4.34. The highest BCUT2D eigenvalue weighted by Crippen LogP contribution is 2.22. The van der Waals surface area contributed by atoms with Crippen molar-refractivity contribution in [3.05, 3.63) is 47.5 Å². The molecule has 2 N–H and O–H groups in total. The molecule has 1 heterocycles. The Balaban J connectivity index is 2.22. The lowest BCUT2D eigenvalue weighted by atomic mass is 10.1. The van der Waals surface area contributed by atoms with Gasteiger partial charge >= 0.3 is 0 Å². The molecule has 0 aliphatic heterocycles. The van der Waals surface area contributed by atoms with Crippen molar-refractivity contribution in [3.8, 4) is 6.07 Å². The van der Waals surface area contributed by atoms with E-state index in [2.05, 4.69) is 15.6 Å². The molecule has 0 bridgehead atoms. The highest BCUT2D eigenvalue weighted by atomic mass is 19.1. The predicted molar refractivity (Wildman–Crippen MR) is 77.4 cm³/mol. The first-order valence-electron chi connectivity index (χ1n) is 6.47. The highest BCUT2D eigenvalue weighted by Gasteiger charge is 2.11. The quantitative estimate of drug-likeness (QED) is 0.882. The zero-order chi connectivity index (χ0) is 15.2. The second-order valence-corrected chi connectivity index (χ2v) is 4.34. The predicted octanol–water partition coefficient (Wildman–Crippen LogP) is 3.60. The first-order chi connectivity index (χ1) is 10.1. The van der Waals surface area contributed by atoms with Gasteiger partial charge in [-0.1, -0.05) is 12.1 Å². The fourth-order valence-electron chi connectivity index (χ4n) is 1.78. The third-order valence-electron chi connectivity index (χ3n) is 2.77. The molecule has 1 aromatic carbocycles. The van der Waals surface area contributed by atoms with Gasteiger partial charge in [-0.2, -0.15) is 5.26 Å². The number of hydrogen-bond donors (Lipinski definition) is 2. The molecule has 0 aliphatic carbocycles. The summed E-state index contributed by atoms with van der Waals surface area (Å²) in [4.78, 5) is 3.89. The maximum absolute atomic E-state index is 13.7. The van der Waals surface area contributed by atoms with Crippen molar-refractivity contribution in [1.82, 2.24) is 4.98 Å². The summed E-state index contributed by atoms with van der Waals surface area (Å²) >= 11 is 0. The molecule has 0 unspecified atom stereocenters. The van der Waals surface area contributed by atoms with E-state index in [-0.39, 0.29) is 11.6 Å². The Bertz CT molecular complexity index is 663. The van der Waals surface area contributed by atoms with Crippen LogP contribution in [0.25, 0.3) is 0 Å². The van der Waals surface area contributed by atoms with E-state index in [1.807, 2.05) is 6.07 Å². The molecule has 0 spiro atoms. The Morgan fingerprint density at radius 1 is 1.14 bits per heavy atom. The molecule has 6 heteroatoms. The first-order valence-corrected chi connectivity index (χ1v) is 6.47. The molecule has 0 radical (unpaired) electrons. The Morgan fingerprint density at radius 3 is 2.43 bits per heavy atom. The van der Waals surface area contributed by atoms with E-state index in [4.69, 9.17) is 5.26 Å². The van der Waals surface area contributed by atoms with Crippen LogP contribution in [0.3, 0.4) is 0 Å². The Kier molecular flexibility index (Phi) is 4.67. The molecule has 0 fully saturated rings. The zero-order valence-electron chi connectivity index (χ0n) is 11.5. The van der Waals surface area contributed by atoms with Crippen LogP contribution in [0, 0.1) is 23.0 Å². The standard InChI is InChI=1S/C15H14F2N4/c1-2-19-14-12(16)9-13(17)15(21-14)20-11-5-3-10(4-6-11)7-8-18/h3-6,9H,2,7H2,1H3,(H2,19,20,21). The summed E-state index contributed by atoms with van der Waals surface area (Å²) in [5.41, 5.74) is 1.47. The van der Waals surface area contributed by atoms with Gasteiger partial charge in [0.1, 0.15) is 0 Å². The number of halogens is 2. The fourth-order valence-corrected chi connectivity index (χ4v) is 1.78. The van der Waals surface area contributed by atoms with Crippen LogP contribution in [-0.4, -0.2) is 11.5 Å². The minimum Gasteiger partial charge on any atom is -0.368 e. The van der Waals surface area contributed by atoms with Crippen LogP contribution in [-0.2, 0) is 6.42 Å². The maximum atomic E-state index is 13.7. The van der Waals surface area contributed by atoms with E-state index in [0.29, 0.717) is 18.7 Å². The van der Waals surface area contributed by atoms with Crippen LogP contribution in [0.1, 0.15) is 12.5 Å². The Hall–Kier alpha value is -2.68. The minimum atomic E-state index is -0.768. The van der Waals surface area contributed by atoms with E-state index in [9.17, 15) is 8.78 Å². The van der Waals surface area contributed by atoms with Gasteiger partial charge in [-0.25, -0.2) is 13.8 Å². The van der Waals surface area contributed by atoms with Crippen molar-refractivity contribution in [3.63, 3.8) is 0 Å². The summed E-state index contributed by atoms with van der Waals surface area (Å²) in [6.07, 6.45) is 0.313. The van der Waals surface area contributed by atoms with Gasteiger partial charge in [0.25, 0.3) is 0 Å². The first kappa shape index (κ1) is 14.7. The lowest BCUT2D eigenvalue weighted by Crippen LogP contribution is -2.06. The molecule has 0 saturated carbocycles. The summed E-state index contributed by atoms with van der Waals surface area (Å²) in [6.45, 7) is 2.28. The average Bonchev–Trinajstić information content (AvgIpc) is 2.46. The Morgan fingerprint density at radius 2 is 1.81 bits per heavy atom. The number of nitrogens with zero attached hydrogens (tertiary/aromatic N) is 2. The largest absolute Gasteiger partial charge is 0.368 e. The normalized spacial score (nSPS) is 10.0. The van der Waals surface area contributed by atoms with Gasteiger partial charge in [0.05, 0.1) is 12.5 Å². The molecule has 21 heavy (non-hydrogen) atoms. The molecule has 2 aromatic rings. The molecular weight excluding hydrogens is 274 g/mol. The lowest BCUT2D eigenvalue weighted by Gasteiger charge is -2.10. The second kappa shape index (κ2) is 6.66. The van der Waals surface area contributed by atoms with Crippen LogP contribution in [0.5, 0.6) is 0 Å². The molecule has 1 aromatic heterocycles. The number of pyridine rings is 1.